The van der Waals surface area contributed by atoms with Crippen LogP contribution in [-0.4, -0.2) is 24.2 Å². The maximum absolute atomic E-state index is 12.0. The number of hydrogen-bond acceptors (Lipinski definition) is 4. The molecule has 0 aliphatic carbocycles. The lowest BCUT2D eigenvalue weighted by Crippen LogP contribution is -2.34. The average Bonchev–Trinajstić information content (AvgIpc) is 3.12. The summed E-state index contributed by atoms with van der Waals surface area (Å²) < 4.78 is 10.7. The molecule has 23 heavy (non-hydrogen) atoms. The van der Waals surface area contributed by atoms with E-state index in [1.54, 1.807) is 12.1 Å². The number of amides is 1. The Bertz CT molecular complexity index is 783. The molecule has 118 valence electrons. The Hall–Kier alpha value is -2.79. The van der Waals surface area contributed by atoms with E-state index in [9.17, 15) is 9.90 Å². The van der Waals surface area contributed by atoms with Gasteiger partial charge in [0.25, 0.3) is 5.91 Å². The van der Waals surface area contributed by atoms with Gasteiger partial charge in [0.15, 0.2) is 6.61 Å². The molecular weight excluding hydrogens is 294 g/mol. The van der Waals surface area contributed by atoms with Gasteiger partial charge in [-0.3, -0.25) is 4.79 Å². The molecule has 5 heteroatoms. The van der Waals surface area contributed by atoms with Crippen LogP contribution in [0.1, 0.15) is 11.8 Å². The van der Waals surface area contributed by atoms with E-state index < -0.39 is 6.04 Å². The summed E-state index contributed by atoms with van der Waals surface area (Å²) in [6, 6.07) is 16.4. The monoisotopic (exact) mass is 311 g/mol. The minimum atomic E-state index is -0.572. The maximum atomic E-state index is 12.0. The lowest BCUT2D eigenvalue weighted by atomic mass is 10.1. The van der Waals surface area contributed by atoms with E-state index in [-0.39, 0.29) is 19.1 Å². The van der Waals surface area contributed by atoms with Crippen molar-refractivity contribution in [2.24, 2.45) is 0 Å². The van der Waals surface area contributed by atoms with Crippen LogP contribution in [0.15, 0.2) is 65.3 Å². The van der Waals surface area contributed by atoms with Crippen molar-refractivity contribution in [1.82, 2.24) is 5.32 Å². The van der Waals surface area contributed by atoms with E-state index in [0.29, 0.717) is 11.5 Å². The van der Waals surface area contributed by atoms with Gasteiger partial charge >= 0.3 is 0 Å². The fourth-order valence-corrected chi connectivity index (χ4v) is 2.34. The van der Waals surface area contributed by atoms with Crippen molar-refractivity contribution in [1.29, 1.82) is 0 Å². The van der Waals surface area contributed by atoms with Crippen molar-refractivity contribution in [3.63, 3.8) is 0 Å². The Morgan fingerprint density at radius 2 is 1.96 bits per heavy atom. The number of carbonyl (C=O) groups excluding carboxylic acids is 1. The molecule has 0 saturated carbocycles. The standard InChI is InChI=1S/C18H17NO4/c20-11-16(17-6-3-9-22-17)19-18(21)12-23-15-8-7-13-4-1-2-5-14(13)10-15/h1-10,16,20H,11-12H2,(H,19,21). The minimum absolute atomic E-state index is 0.129. The Kier molecular flexibility index (Phi) is 4.59. The summed E-state index contributed by atoms with van der Waals surface area (Å²) in [7, 11) is 0. The van der Waals surface area contributed by atoms with Crippen LogP contribution in [0.2, 0.25) is 0 Å². The molecule has 1 atom stereocenters. The zero-order valence-corrected chi connectivity index (χ0v) is 12.4. The van der Waals surface area contributed by atoms with Gasteiger partial charge in [0.1, 0.15) is 17.6 Å². The molecule has 3 aromatic rings. The quantitative estimate of drug-likeness (QED) is 0.734. The van der Waals surface area contributed by atoms with E-state index in [4.69, 9.17) is 9.15 Å². The van der Waals surface area contributed by atoms with Crippen LogP contribution in [0, 0.1) is 0 Å². The second-order valence-electron chi connectivity index (χ2n) is 5.12. The first-order valence-electron chi connectivity index (χ1n) is 7.31. The normalized spacial score (nSPS) is 12.0. The number of aliphatic hydroxyl groups is 1. The summed E-state index contributed by atoms with van der Waals surface area (Å²) in [6.45, 7) is -0.370. The van der Waals surface area contributed by atoms with Crippen molar-refractivity contribution < 1.29 is 19.1 Å². The molecule has 0 aliphatic rings. The van der Waals surface area contributed by atoms with Crippen molar-refractivity contribution >= 4 is 16.7 Å². The summed E-state index contributed by atoms with van der Waals surface area (Å²) in [5.74, 6) is 0.803. The van der Waals surface area contributed by atoms with E-state index in [0.717, 1.165) is 10.8 Å². The Morgan fingerprint density at radius 1 is 1.13 bits per heavy atom. The van der Waals surface area contributed by atoms with Crippen LogP contribution in [0.4, 0.5) is 0 Å². The van der Waals surface area contributed by atoms with Crippen molar-refractivity contribution in [3.8, 4) is 5.75 Å². The highest BCUT2D eigenvalue weighted by molar-refractivity contribution is 5.84. The third kappa shape index (κ3) is 3.70. The molecule has 0 bridgehead atoms. The van der Waals surface area contributed by atoms with Crippen LogP contribution in [0.3, 0.4) is 0 Å². The third-order valence-electron chi connectivity index (χ3n) is 3.50. The highest BCUT2D eigenvalue weighted by atomic mass is 16.5. The predicted octanol–water partition coefficient (Wildman–Crippen LogP) is 2.66. The summed E-state index contributed by atoms with van der Waals surface area (Å²) in [5, 5.41) is 14.2. The van der Waals surface area contributed by atoms with Gasteiger partial charge in [-0.05, 0) is 35.0 Å². The number of rotatable bonds is 6. The average molecular weight is 311 g/mol. The SMILES string of the molecule is O=C(COc1ccc2ccccc2c1)NC(CO)c1ccco1. The van der Waals surface area contributed by atoms with Crippen LogP contribution < -0.4 is 10.1 Å². The first-order valence-corrected chi connectivity index (χ1v) is 7.31. The van der Waals surface area contributed by atoms with Crippen molar-refractivity contribution in [2.75, 3.05) is 13.2 Å². The maximum Gasteiger partial charge on any atom is 0.258 e. The van der Waals surface area contributed by atoms with Gasteiger partial charge in [-0.25, -0.2) is 0 Å². The van der Waals surface area contributed by atoms with E-state index in [1.165, 1.54) is 6.26 Å². The Balaban J connectivity index is 1.59. The largest absolute Gasteiger partial charge is 0.484 e. The molecule has 1 amide bonds. The fraction of sp³-hybridized carbons (Fsp3) is 0.167. The van der Waals surface area contributed by atoms with Crippen LogP contribution in [0.25, 0.3) is 10.8 Å². The van der Waals surface area contributed by atoms with Gasteiger partial charge in [-0.1, -0.05) is 30.3 Å². The molecule has 2 aromatic carbocycles. The zero-order valence-electron chi connectivity index (χ0n) is 12.4. The molecule has 3 rings (SSSR count). The van der Waals surface area contributed by atoms with Crippen LogP contribution >= 0.6 is 0 Å². The lowest BCUT2D eigenvalue weighted by molar-refractivity contribution is -0.124. The number of benzene rings is 2. The van der Waals surface area contributed by atoms with E-state index in [2.05, 4.69) is 5.32 Å². The number of fused-ring (bicyclic) bond motifs is 1. The zero-order chi connectivity index (χ0) is 16.1. The van der Waals surface area contributed by atoms with Crippen LogP contribution in [-0.2, 0) is 4.79 Å². The van der Waals surface area contributed by atoms with Crippen LogP contribution in [0.5, 0.6) is 5.75 Å². The summed E-state index contributed by atoms with van der Waals surface area (Å²) in [4.78, 5) is 12.0. The lowest BCUT2D eigenvalue weighted by Gasteiger charge is -2.14. The number of hydrogen-bond donors (Lipinski definition) is 2. The molecule has 1 aromatic heterocycles. The third-order valence-corrected chi connectivity index (χ3v) is 3.50. The molecule has 0 fully saturated rings. The van der Waals surface area contributed by atoms with Gasteiger partial charge in [0.2, 0.25) is 0 Å². The molecule has 0 spiro atoms. The van der Waals surface area contributed by atoms with Gasteiger partial charge < -0.3 is 19.6 Å². The first kappa shape index (κ1) is 15.1. The van der Waals surface area contributed by atoms with Crippen molar-refractivity contribution in [2.45, 2.75) is 6.04 Å². The second kappa shape index (κ2) is 6.98. The molecule has 5 nitrogen and oxygen atoms in total. The second-order valence-corrected chi connectivity index (χ2v) is 5.12. The molecule has 2 N–H and O–H groups in total. The smallest absolute Gasteiger partial charge is 0.258 e. The Morgan fingerprint density at radius 3 is 2.70 bits per heavy atom. The minimum Gasteiger partial charge on any atom is -0.484 e. The molecule has 1 heterocycles. The molecular formula is C18H17NO4. The number of nitrogens with one attached hydrogen (secondary N) is 1. The number of aliphatic hydroxyl groups excluding tert-OH is 1. The number of carbonyl (C=O) groups is 1. The molecule has 0 aliphatic heterocycles. The highest BCUT2D eigenvalue weighted by Crippen LogP contribution is 2.20. The number of furan rings is 1. The summed E-state index contributed by atoms with van der Waals surface area (Å²) >= 11 is 0. The molecule has 0 radical (unpaired) electrons. The van der Waals surface area contributed by atoms with Gasteiger partial charge in [0, 0.05) is 0 Å². The van der Waals surface area contributed by atoms with Gasteiger partial charge in [0.05, 0.1) is 12.9 Å². The van der Waals surface area contributed by atoms with Gasteiger partial charge in [-0.15, -0.1) is 0 Å². The summed E-state index contributed by atoms with van der Waals surface area (Å²) in [5.41, 5.74) is 0. The van der Waals surface area contributed by atoms with Crippen molar-refractivity contribution in [3.05, 3.63) is 66.6 Å². The Labute approximate surface area is 133 Å². The number of ether oxygens (including phenoxy) is 1. The topological polar surface area (TPSA) is 71.7 Å². The van der Waals surface area contributed by atoms with E-state index >= 15 is 0 Å². The first-order chi connectivity index (χ1) is 11.3. The summed E-state index contributed by atoms with van der Waals surface area (Å²) in [6.07, 6.45) is 1.50. The molecule has 1 unspecified atom stereocenters. The van der Waals surface area contributed by atoms with Gasteiger partial charge in [-0.2, -0.15) is 0 Å². The molecule has 0 saturated heterocycles. The highest BCUT2D eigenvalue weighted by Gasteiger charge is 2.16. The van der Waals surface area contributed by atoms with E-state index in [1.807, 2.05) is 42.5 Å². The fourth-order valence-electron chi connectivity index (χ4n) is 2.34. The predicted molar refractivity (Wildman–Crippen MR) is 86.1 cm³/mol.